The first-order valence-electron chi connectivity index (χ1n) is 6.06. The lowest BCUT2D eigenvalue weighted by Gasteiger charge is -2.21. The normalized spacial score (nSPS) is 10.7. The molecule has 5 nitrogen and oxygen atoms in total. The molecule has 0 saturated carbocycles. The highest BCUT2D eigenvalue weighted by Crippen LogP contribution is 2.29. The summed E-state index contributed by atoms with van der Waals surface area (Å²) in [6, 6.07) is 3.49. The molecule has 1 aromatic heterocycles. The Bertz CT molecular complexity index is 762. The Morgan fingerprint density at radius 2 is 1.78 bits per heavy atom. The number of anilines is 1. The zero-order valence-electron chi connectivity index (χ0n) is 11.5. The van der Waals surface area contributed by atoms with E-state index < -0.39 is 34.1 Å². The number of aromatic nitrogens is 1. The van der Waals surface area contributed by atoms with Crippen molar-refractivity contribution in [1.29, 1.82) is 0 Å². The largest absolute Gasteiger partial charge is 0.365 e. The maximum Gasteiger partial charge on any atom is 0.269 e. The van der Waals surface area contributed by atoms with Gasteiger partial charge in [-0.2, -0.15) is 22.5 Å². The first kappa shape index (κ1) is 16.9. The van der Waals surface area contributed by atoms with Gasteiger partial charge in [0.25, 0.3) is 17.6 Å². The van der Waals surface area contributed by atoms with Crippen molar-refractivity contribution in [3.63, 3.8) is 0 Å². The molecule has 0 amide bonds. The average Bonchev–Trinajstić information content (AvgIpc) is 2.47. The number of hydrogen-bond donors (Lipinski definition) is 0. The predicted octanol–water partition coefficient (Wildman–Crippen LogP) is 3.84. The third-order valence-corrected chi connectivity index (χ3v) is 3.37. The Hall–Kier alpha value is -2.42. The lowest BCUT2D eigenvalue weighted by atomic mass is 10.2. The molecule has 1 aromatic carbocycles. The molecule has 0 atom stereocenters. The minimum atomic E-state index is -1.80. The number of nitrogens with zero attached hydrogens (tertiary/aromatic N) is 3. The maximum atomic E-state index is 13.7. The number of halogens is 5. The second-order valence-corrected chi connectivity index (χ2v) is 4.97. The molecule has 10 heteroatoms. The second-order valence-electron chi connectivity index (χ2n) is 4.56. The van der Waals surface area contributed by atoms with Crippen molar-refractivity contribution in [1.82, 2.24) is 4.98 Å². The van der Waals surface area contributed by atoms with Crippen molar-refractivity contribution >= 4 is 23.0 Å². The fourth-order valence-electron chi connectivity index (χ4n) is 1.94. The Kier molecular flexibility index (Phi) is 4.69. The van der Waals surface area contributed by atoms with E-state index in [1.54, 1.807) is 0 Å². The zero-order chi connectivity index (χ0) is 17.3. The highest BCUT2D eigenvalue weighted by Gasteiger charge is 2.24. The van der Waals surface area contributed by atoms with E-state index in [9.17, 15) is 27.7 Å². The molecule has 23 heavy (non-hydrogen) atoms. The lowest BCUT2D eigenvalue weighted by Crippen LogP contribution is -2.21. The van der Waals surface area contributed by atoms with Crippen LogP contribution in [0.1, 0.15) is 5.56 Å². The van der Waals surface area contributed by atoms with Gasteiger partial charge in [0.15, 0.2) is 0 Å². The molecular weight excluding hydrogens is 342 g/mol. The second kappa shape index (κ2) is 6.37. The van der Waals surface area contributed by atoms with Crippen molar-refractivity contribution in [2.45, 2.75) is 6.54 Å². The van der Waals surface area contributed by atoms with Crippen molar-refractivity contribution < 1.29 is 22.5 Å². The van der Waals surface area contributed by atoms with Gasteiger partial charge in [-0.3, -0.25) is 10.1 Å². The van der Waals surface area contributed by atoms with Crippen molar-refractivity contribution in [3.05, 3.63) is 62.4 Å². The van der Waals surface area contributed by atoms with Gasteiger partial charge in [0.05, 0.1) is 4.92 Å². The van der Waals surface area contributed by atoms with Crippen LogP contribution in [0.5, 0.6) is 0 Å². The van der Waals surface area contributed by atoms with E-state index in [0.29, 0.717) is 0 Å². The van der Waals surface area contributed by atoms with Gasteiger partial charge in [0.1, 0.15) is 5.69 Å². The fraction of sp³-hybridized carbons (Fsp3) is 0.154. The van der Waals surface area contributed by atoms with E-state index in [2.05, 4.69) is 4.98 Å². The lowest BCUT2D eigenvalue weighted by molar-refractivity contribution is -0.384. The van der Waals surface area contributed by atoms with Gasteiger partial charge in [-0.05, 0) is 11.6 Å². The van der Waals surface area contributed by atoms with Crippen LogP contribution in [0.15, 0.2) is 18.2 Å². The average molecular weight is 350 g/mol. The molecular formula is C13H8ClF4N3O2. The topological polar surface area (TPSA) is 59.3 Å². The van der Waals surface area contributed by atoms with Crippen LogP contribution in [0.3, 0.4) is 0 Å². The minimum Gasteiger partial charge on any atom is -0.365 e. The zero-order valence-corrected chi connectivity index (χ0v) is 12.2. The summed E-state index contributed by atoms with van der Waals surface area (Å²) in [5.41, 5.74) is -1.12. The van der Waals surface area contributed by atoms with Crippen LogP contribution in [0.25, 0.3) is 0 Å². The van der Waals surface area contributed by atoms with Crippen LogP contribution in [0, 0.1) is 33.6 Å². The first-order chi connectivity index (χ1) is 10.7. The molecule has 0 radical (unpaired) electrons. The third kappa shape index (κ3) is 3.34. The van der Waals surface area contributed by atoms with E-state index in [1.807, 2.05) is 0 Å². The van der Waals surface area contributed by atoms with Crippen LogP contribution < -0.4 is 4.90 Å². The Balaban J connectivity index is 2.42. The smallest absolute Gasteiger partial charge is 0.269 e. The summed E-state index contributed by atoms with van der Waals surface area (Å²) in [5, 5.41) is 10.8. The number of benzene rings is 1. The van der Waals surface area contributed by atoms with E-state index in [-0.39, 0.29) is 22.8 Å². The quantitative estimate of drug-likeness (QED) is 0.364. The number of nitro benzene ring substituents is 1. The van der Waals surface area contributed by atoms with Gasteiger partial charge in [0.2, 0.25) is 11.6 Å². The summed E-state index contributed by atoms with van der Waals surface area (Å²) in [6.45, 7) is -0.322. The van der Waals surface area contributed by atoms with Crippen molar-refractivity contribution in [2.75, 3.05) is 11.9 Å². The third-order valence-electron chi connectivity index (χ3n) is 3.00. The summed E-state index contributed by atoms with van der Waals surface area (Å²) in [4.78, 5) is 13.4. The summed E-state index contributed by atoms with van der Waals surface area (Å²) >= 11 is 5.88. The molecule has 0 fully saturated rings. The van der Waals surface area contributed by atoms with Gasteiger partial charge < -0.3 is 4.90 Å². The first-order valence-corrected chi connectivity index (χ1v) is 6.44. The van der Waals surface area contributed by atoms with Crippen LogP contribution in [0.4, 0.5) is 28.9 Å². The van der Waals surface area contributed by atoms with E-state index >= 15 is 0 Å². The number of rotatable bonds is 4. The van der Waals surface area contributed by atoms with Crippen molar-refractivity contribution in [2.24, 2.45) is 0 Å². The molecule has 122 valence electrons. The van der Waals surface area contributed by atoms with Crippen molar-refractivity contribution in [3.8, 4) is 0 Å². The molecule has 1 heterocycles. The molecule has 0 bridgehead atoms. The van der Waals surface area contributed by atoms with E-state index in [1.165, 1.54) is 6.07 Å². The summed E-state index contributed by atoms with van der Waals surface area (Å²) < 4.78 is 53.6. The minimum absolute atomic E-state index is 0.0956. The summed E-state index contributed by atoms with van der Waals surface area (Å²) in [6.07, 6.45) is 0. The van der Waals surface area contributed by atoms with Crippen LogP contribution in [-0.4, -0.2) is 17.0 Å². The fourth-order valence-corrected chi connectivity index (χ4v) is 2.12. The highest BCUT2D eigenvalue weighted by molar-refractivity contribution is 6.31. The molecule has 0 aliphatic rings. The number of pyridine rings is 1. The number of nitro groups is 1. The molecule has 0 saturated heterocycles. The number of non-ortho nitro benzene ring substituents is 1. The van der Waals surface area contributed by atoms with Crippen LogP contribution in [-0.2, 0) is 6.54 Å². The molecule has 0 unspecified atom stereocenters. The molecule has 2 aromatic rings. The summed E-state index contributed by atoms with van der Waals surface area (Å²) in [7, 11) is 1.15. The number of hydrogen-bond acceptors (Lipinski definition) is 4. The predicted molar refractivity (Wildman–Crippen MR) is 74.3 cm³/mol. The highest BCUT2D eigenvalue weighted by atomic mass is 35.5. The van der Waals surface area contributed by atoms with E-state index in [0.717, 1.165) is 24.1 Å². The van der Waals surface area contributed by atoms with Crippen LogP contribution >= 0.6 is 11.6 Å². The van der Waals surface area contributed by atoms with Gasteiger partial charge in [-0.15, -0.1) is 0 Å². The Morgan fingerprint density at radius 3 is 2.30 bits per heavy atom. The molecule has 2 rings (SSSR count). The van der Waals surface area contributed by atoms with E-state index in [4.69, 9.17) is 11.6 Å². The standard InChI is InChI=1S/C13H8ClF4N3O2/c1-20(11-9(15)12(17)19-13(18)10(11)16)5-6-4-7(21(22)23)2-3-8(6)14/h2-4H,5H2,1H3. The monoisotopic (exact) mass is 349 g/mol. The Labute approximate surface area is 132 Å². The van der Waals surface area contributed by atoms with Gasteiger partial charge in [-0.25, -0.2) is 0 Å². The van der Waals surface area contributed by atoms with Crippen LogP contribution in [0.2, 0.25) is 5.02 Å². The molecule has 0 aliphatic carbocycles. The van der Waals surface area contributed by atoms with Gasteiger partial charge in [-0.1, -0.05) is 11.6 Å². The maximum absolute atomic E-state index is 13.7. The molecule has 0 spiro atoms. The molecule has 0 N–H and O–H groups in total. The SMILES string of the molecule is CN(Cc1cc([N+](=O)[O-])ccc1Cl)c1c(F)c(F)nc(F)c1F. The van der Waals surface area contributed by atoms with Gasteiger partial charge in [0, 0.05) is 30.7 Å². The Morgan fingerprint density at radius 1 is 1.22 bits per heavy atom. The molecule has 0 aliphatic heterocycles. The van der Waals surface area contributed by atoms with Gasteiger partial charge >= 0.3 is 0 Å². The summed E-state index contributed by atoms with van der Waals surface area (Å²) in [5.74, 6) is -6.94.